The van der Waals surface area contributed by atoms with E-state index >= 15 is 0 Å². The molecule has 0 saturated carbocycles. The van der Waals surface area contributed by atoms with Gasteiger partial charge in [-0.3, -0.25) is 0 Å². The summed E-state index contributed by atoms with van der Waals surface area (Å²) < 4.78 is 11.4. The Morgan fingerprint density at radius 1 is 1.36 bits per heavy atom. The lowest BCUT2D eigenvalue weighted by Gasteiger charge is -2.12. The molecule has 0 bridgehead atoms. The minimum absolute atomic E-state index is 0.0503. The quantitative estimate of drug-likeness (QED) is 0.460. The molecule has 0 aromatic carbocycles. The fourth-order valence-corrected chi connectivity index (χ4v) is 1.04. The summed E-state index contributed by atoms with van der Waals surface area (Å²) in [6.45, 7) is 1.41. The summed E-state index contributed by atoms with van der Waals surface area (Å²) in [4.78, 5) is 7.28. The zero-order valence-corrected chi connectivity index (χ0v) is 9.25. The Morgan fingerprint density at radius 3 is 2.36 bits per heavy atom. The maximum Gasteiger partial charge on any atom is 0.250 e. The fourth-order valence-electron chi connectivity index (χ4n) is 0.782. The predicted molar refractivity (Wildman–Crippen MR) is 53.8 cm³/mol. The molecule has 0 atom stereocenters. The minimum Gasteiger partial charge on any atom is -0.306 e. The van der Waals surface area contributed by atoms with E-state index < -0.39 is 9.61 Å². The van der Waals surface area contributed by atoms with Crippen LogP contribution in [-0.2, 0) is 3.79 Å². The molecule has 1 aromatic rings. The summed E-state index contributed by atoms with van der Waals surface area (Å²) in [6.07, 6.45) is 0. The first-order valence-electron chi connectivity index (χ1n) is 3.44. The summed E-state index contributed by atoms with van der Waals surface area (Å²) in [6, 6.07) is 0. The fraction of sp³-hybridized carbons (Fsp3) is 0.333. The molecule has 0 amide bonds. The van der Waals surface area contributed by atoms with Crippen molar-refractivity contribution in [2.75, 3.05) is 5.43 Å². The van der Waals surface area contributed by atoms with Crippen molar-refractivity contribution in [2.24, 2.45) is 5.84 Å². The van der Waals surface area contributed by atoms with Crippen LogP contribution >= 0.6 is 34.8 Å². The van der Waals surface area contributed by atoms with E-state index in [1.54, 1.807) is 0 Å². The number of nitrogens with two attached hydrogens (primary N) is 1. The lowest BCUT2D eigenvalue weighted by molar-refractivity contribution is 0.601. The highest BCUT2D eigenvalue weighted by atomic mass is 35.6. The van der Waals surface area contributed by atoms with Crippen LogP contribution in [0.25, 0.3) is 0 Å². The van der Waals surface area contributed by atoms with Gasteiger partial charge in [0.2, 0.25) is 3.79 Å². The Kier molecular flexibility index (Phi) is 3.36. The summed E-state index contributed by atoms with van der Waals surface area (Å²) in [5.74, 6) is 4.01. The van der Waals surface area contributed by atoms with Crippen molar-refractivity contribution >= 4 is 40.6 Å². The van der Waals surface area contributed by atoms with Crippen molar-refractivity contribution in [1.29, 1.82) is 0 Å². The first kappa shape index (κ1) is 11.7. The van der Waals surface area contributed by atoms with Crippen molar-refractivity contribution in [1.82, 2.24) is 9.97 Å². The van der Waals surface area contributed by atoms with Crippen molar-refractivity contribution in [3.8, 4) is 0 Å². The number of aromatic nitrogens is 2. The normalized spacial score (nSPS) is 11.6. The van der Waals surface area contributed by atoms with Gasteiger partial charge in [-0.15, -0.1) is 0 Å². The summed E-state index contributed by atoms with van der Waals surface area (Å²) >= 11 is 16.6. The van der Waals surface area contributed by atoms with E-state index in [2.05, 4.69) is 9.97 Å². The molecule has 8 heteroatoms. The lowest BCUT2D eigenvalue weighted by Crippen LogP contribution is -2.17. The molecule has 0 aliphatic carbocycles. The second kappa shape index (κ2) is 4.02. The number of nitrogens with zero attached hydrogens (tertiary/aromatic N) is 2. The Hall–Kier alpha value is -0.360. The first-order chi connectivity index (χ1) is 6.36. The van der Waals surface area contributed by atoms with E-state index in [4.69, 9.17) is 40.6 Å². The molecule has 1 rings (SSSR count). The van der Waals surface area contributed by atoms with Gasteiger partial charge in [0.15, 0.2) is 17.5 Å². The second-order valence-electron chi connectivity index (χ2n) is 2.44. The van der Waals surface area contributed by atoms with Crippen LogP contribution in [0.3, 0.4) is 0 Å². The van der Waals surface area contributed by atoms with Gasteiger partial charge in [-0.25, -0.2) is 20.2 Å². The number of anilines is 1. The standard InChI is InChI=1S/C6H6Cl3FN4/c1-2-3(10)4(14-11)13-5(12-2)6(7,8)9/h11H2,1H3,(H,12,13,14). The summed E-state index contributed by atoms with van der Waals surface area (Å²) in [5, 5.41) is 0. The number of halogens is 4. The highest BCUT2D eigenvalue weighted by Crippen LogP contribution is 2.36. The molecule has 78 valence electrons. The van der Waals surface area contributed by atoms with Crippen LogP contribution in [0.15, 0.2) is 0 Å². The van der Waals surface area contributed by atoms with Crippen molar-refractivity contribution in [3.05, 3.63) is 17.3 Å². The molecule has 0 spiro atoms. The molecule has 0 aliphatic heterocycles. The molecule has 0 unspecified atom stereocenters. The smallest absolute Gasteiger partial charge is 0.250 e. The number of alkyl halides is 3. The van der Waals surface area contributed by atoms with Crippen LogP contribution in [0.1, 0.15) is 11.5 Å². The van der Waals surface area contributed by atoms with Gasteiger partial charge in [-0.05, 0) is 6.92 Å². The van der Waals surface area contributed by atoms with E-state index in [0.29, 0.717) is 0 Å². The Balaban J connectivity index is 3.30. The largest absolute Gasteiger partial charge is 0.306 e. The molecule has 14 heavy (non-hydrogen) atoms. The SMILES string of the molecule is Cc1nc(C(Cl)(Cl)Cl)nc(NN)c1F. The van der Waals surface area contributed by atoms with E-state index in [1.807, 2.05) is 5.43 Å². The van der Waals surface area contributed by atoms with Gasteiger partial charge in [-0.1, -0.05) is 34.8 Å². The molecule has 0 fully saturated rings. The number of hydrazine groups is 1. The van der Waals surface area contributed by atoms with Crippen LogP contribution in [0.4, 0.5) is 10.2 Å². The third kappa shape index (κ3) is 2.36. The van der Waals surface area contributed by atoms with Gasteiger partial charge in [0, 0.05) is 0 Å². The highest BCUT2D eigenvalue weighted by molar-refractivity contribution is 6.66. The monoisotopic (exact) mass is 258 g/mol. The van der Waals surface area contributed by atoms with Gasteiger partial charge >= 0.3 is 0 Å². The summed E-state index contributed by atoms with van der Waals surface area (Å²) in [7, 11) is 0. The molecule has 0 radical (unpaired) electrons. The average Bonchev–Trinajstić information content (AvgIpc) is 2.07. The van der Waals surface area contributed by atoms with E-state index in [0.717, 1.165) is 0 Å². The van der Waals surface area contributed by atoms with Crippen LogP contribution in [0.2, 0.25) is 0 Å². The van der Waals surface area contributed by atoms with Crippen molar-refractivity contribution in [3.63, 3.8) is 0 Å². The maximum absolute atomic E-state index is 13.2. The second-order valence-corrected chi connectivity index (χ2v) is 4.72. The zero-order valence-electron chi connectivity index (χ0n) is 6.98. The predicted octanol–water partition coefficient (Wildman–Crippen LogP) is 2.04. The molecule has 3 N–H and O–H groups in total. The Labute approximate surface area is 94.5 Å². The van der Waals surface area contributed by atoms with E-state index in [-0.39, 0.29) is 17.3 Å². The molecular formula is C6H6Cl3FN4. The lowest BCUT2D eigenvalue weighted by atomic mass is 10.4. The number of hydrogen-bond donors (Lipinski definition) is 2. The number of nitrogen functional groups attached to an aromatic ring is 1. The topological polar surface area (TPSA) is 63.8 Å². The van der Waals surface area contributed by atoms with Crippen LogP contribution in [0.5, 0.6) is 0 Å². The zero-order chi connectivity index (χ0) is 10.9. The third-order valence-electron chi connectivity index (χ3n) is 1.41. The molecule has 1 aromatic heterocycles. The average molecular weight is 259 g/mol. The molecule has 0 aliphatic rings. The van der Waals surface area contributed by atoms with Crippen molar-refractivity contribution in [2.45, 2.75) is 10.7 Å². The number of rotatable bonds is 1. The number of nitrogens with one attached hydrogen (secondary N) is 1. The third-order valence-corrected chi connectivity index (χ3v) is 1.91. The van der Waals surface area contributed by atoms with Gasteiger partial charge in [0.1, 0.15) is 0 Å². The minimum atomic E-state index is -1.80. The number of aryl methyl sites for hydroxylation is 1. The highest BCUT2D eigenvalue weighted by Gasteiger charge is 2.28. The van der Waals surface area contributed by atoms with Crippen LogP contribution < -0.4 is 11.3 Å². The van der Waals surface area contributed by atoms with Crippen LogP contribution in [0, 0.1) is 12.7 Å². The summed E-state index contributed by atoms with van der Waals surface area (Å²) in [5.41, 5.74) is 2.10. The number of hydrogen-bond acceptors (Lipinski definition) is 4. The van der Waals surface area contributed by atoms with Gasteiger partial charge < -0.3 is 5.43 Å². The first-order valence-corrected chi connectivity index (χ1v) is 4.57. The van der Waals surface area contributed by atoms with Gasteiger partial charge in [0.05, 0.1) is 5.69 Å². The molecule has 1 heterocycles. The molecular weight excluding hydrogens is 253 g/mol. The van der Waals surface area contributed by atoms with E-state index in [9.17, 15) is 4.39 Å². The molecule has 4 nitrogen and oxygen atoms in total. The van der Waals surface area contributed by atoms with Crippen LogP contribution in [-0.4, -0.2) is 9.97 Å². The maximum atomic E-state index is 13.2. The van der Waals surface area contributed by atoms with Gasteiger partial charge in [0.25, 0.3) is 0 Å². The van der Waals surface area contributed by atoms with Gasteiger partial charge in [-0.2, -0.15) is 0 Å². The van der Waals surface area contributed by atoms with E-state index in [1.165, 1.54) is 6.92 Å². The Bertz CT molecular complexity index is 352. The molecule has 0 saturated heterocycles. The van der Waals surface area contributed by atoms with Crippen molar-refractivity contribution < 1.29 is 4.39 Å². The Morgan fingerprint density at radius 2 is 1.93 bits per heavy atom.